The summed E-state index contributed by atoms with van der Waals surface area (Å²) < 4.78 is 0. The van der Waals surface area contributed by atoms with E-state index >= 15 is 0 Å². The molecule has 6 heteroatoms. The maximum Gasteiger partial charge on any atom is 0.237 e. The monoisotopic (exact) mass is 273 g/mol. The molecule has 0 saturated heterocycles. The van der Waals surface area contributed by atoms with Crippen molar-refractivity contribution < 1.29 is 4.79 Å². The zero-order valence-corrected chi connectivity index (χ0v) is 11.4. The molecule has 1 rings (SSSR count). The van der Waals surface area contributed by atoms with Crippen LogP contribution < -0.4 is 11.1 Å². The number of hydrogen-bond acceptors (Lipinski definition) is 4. The van der Waals surface area contributed by atoms with E-state index in [1.807, 2.05) is 6.07 Å². The topological polar surface area (TPSA) is 68.0 Å². The first-order valence-corrected chi connectivity index (χ1v) is 6.57. The second kappa shape index (κ2) is 6.23. The standard InChI is InChI=1S/C11H16ClN3OS/c1-11(14-2,10(13)16)5-6-17-9-4-3-8(12)7-15-9/h3-4,7,14H,5-6H2,1-2H3,(H2,13,16). The van der Waals surface area contributed by atoms with Crippen molar-refractivity contribution in [3.05, 3.63) is 23.4 Å². The van der Waals surface area contributed by atoms with Crippen LogP contribution in [0.3, 0.4) is 0 Å². The van der Waals surface area contributed by atoms with Gasteiger partial charge < -0.3 is 11.1 Å². The van der Waals surface area contributed by atoms with Crippen molar-refractivity contribution >= 4 is 29.3 Å². The molecule has 0 aliphatic rings. The number of carbonyl (C=O) groups is 1. The van der Waals surface area contributed by atoms with E-state index in [-0.39, 0.29) is 5.91 Å². The number of aromatic nitrogens is 1. The number of amides is 1. The molecule has 1 aromatic heterocycles. The number of carbonyl (C=O) groups excluding carboxylic acids is 1. The number of nitrogens with two attached hydrogens (primary N) is 1. The Morgan fingerprint density at radius 2 is 2.35 bits per heavy atom. The average Bonchev–Trinajstić information content (AvgIpc) is 2.31. The van der Waals surface area contributed by atoms with E-state index in [0.29, 0.717) is 11.4 Å². The lowest BCUT2D eigenvalue weighted by atomic mass is 9.99. The third-order valence-corrected chi connectivity index (χ3v) is 3.82. The molecule has 0 saturated carbocycles. The second-order valence-corrected chi connectivity index (χ2v) is 5.41. The Balaban J connectivity index is 2.47. The van der Waals surface area contributed by atoms with Crippen LogP contribution >= 0.6 is 23.4 Å². The van der Waals surface area contributed by atoms with E-state index in [1.54, 1.807) is 38.0 Å². The molecule has 1 atom stereocenters. The predicted molar refractivity (Wildman–Crippen MR) is 71.2 cm³/mol. The Bertz CT molecular complexity index is 385. The summed E-state index contributed by atoms with van der Waals surface area (Å²) in [6.07, 6.45) is 2.25. The second-order valence-electron chi connectivity index (χ2n) is 3.86. The number of thioether (sulfide) groups is 1. The van der Waals surface area contributed by atoms with Gasteiger partial charge in [-0.3, -0.25) is 4.79 Å². The molecule has 0 aromatic carbocycles. The van der Waals surface area contributed by atoms with E-state index in [2.05, 4.69) is 10.3 Å². The highest BCUT2D eigenvalue weighted by atomic mass is 35.5. The molecule has 1 unspecified atom stereocenters. The summed E-state index contributed by atoms with van der Waals surface area (Å²) >= 11 is 7.31. The highest BCUT2D eigenvalue weighted by molar-refractivity contribution is 7.99. The van der Waals surface area contributed by atoms with Crippen molar-refractivity contribution in [3.8, 4) is 0 Å². The maximum absolute atomic E-state index is 11.3. The number of nitrogens with one attached hydrogen (secondary N) is 1. The van der Waals surface area contributed by atoms with Crippen LogP contribution in [-0.4, -0.2) is 29.2 Å². The van der Waals surface area contributed by atoms with Gasteiger partial charge in [0.1, 0.15) is 0 Å². The normalized spacial score (nSPS) is 14.3. The minimum atomic E-state index is -0.667. The number of likely N-dealkylation sites (N-methyl/N-ethyl adjacent to an activating group) is 1. The minimum absolute atomic E-state index is 0.343. The molecule has 4 nitrogen and oxygen atoms in total. The van der Waals surface area contributed by atoms with Crippen LogP contribution in [0.4, 0.5) is 0 Å². The Labute approximate surface area is 110 Å². The van der Waals surface area contributed by atoms with Gasteiger partial charge in [-0.2, -0.15) is 0 Å². The molecule has 0 aliphatic heterocycles. The first-order valence-electron chi connectivity index (χ1n) is 5.21. The van der Waals surface area contributed by atoms with Crippen molar-refractivity contribution in [2.75, 3.05) is 12.8 Å². The summed E-state index contributed by atoms with van der Waals surface area (Å²) in [6.45, 7) is 1.80. The molecular formula is C11H16ClN3OS. The highest BCUT2D eigenvalue weighted by Crippen LogP contribution is 2.21. The maximum atomic E-state index is 11.3. The summed E-state index contributed by atoms with van der Waals surface area (Å²) in [7, 11) is 1.73. The fourth-order valence-corrected chi connectivity index (χ4v) is 2.30. The SMILES string of the molecule is CNC(C)(CCSc1ccc(Cl)cn1)C(N)=O. The van der Waals surface area contributed by atoms with Gasteiger partial charge in [0.25, 0.3) is 0 Å². The highest BCUT2D eigenvalue weighted by Gasteiger charge is 2.28. The third kappa shape index (κ3) is 4.18. The van der Waals surface area contributed by atoms with Gasteiger partial charge in [-0.1, -0.05) is 11.6 Å². The van der Waals surface area contributed by atoms with E-state index in [1.165, 1.54) is 0 Å². The lowest BCUT2D eigenvalue weighted by Gasteiger charge is -2.24. The quantitative estimate of drug-likeness (QED) is 0.774. The van der Waals surface area contributed by atoms with Gasteiger partial charge in [-0.25, -0.2) is 4.98 Å². The minimum Gasteiger partial charge on any atom is -0.368 e. The lowest BCUT2D eigenvalue weighted by Crippen LogP contribution is -2.51. The first-order chi connectivity index (χ1) is 7.98. The number of primary amides is 1. The lowest BCUT2D eigenvalue weighted by molar-refractivity contribution is -0.123. The van der Waals surface area contributed by atoms with Gasteiger partial charge in [-0.15, -0.1) is 11.8 Å². The molecule has 1 heterocycles. The van der Waals surface area contributed by atoms with Crippen LogP contribution in [0.15, 0.2) is 23.4 Å². The zero-order valence-electron chi connectivity index (χ0n) is 9.87. The van der Waals surface area contributed by atoms with Crippen molar-refractivity contribution in [1.82, 2.24) is 10.3 Å². The number of hydrogen-bond donors (Lipinski definition) is 2. The van der Waals surface area contributed by atoms with Crippen LogP contribution in [0.2, 0.25) is 5.02 Å². The molecule has 0 fully saturated rings. The first kappa shape index (κ1) is 14.3. The molecule has 1 amide bonds. The molecule has 94 valence electrons. The average molecular weight is 274 g/mol. The van der Waals surface area contributed by atoms with Gasteiger partial charge >= 0.3 is 0 Å². The zero-order chi connectivity index (χ0) is 12.9. The Morgan fingerprint density at radius 3 is 2.82 bits per heavy atom. The third-order valence-electron chi connectivity index (χ3n) is 2.65. The van der Waals surface area contributed by atoms with Crippen LogP contribution in [0, 0.1) is 0 Å². The van der Waals surface area contributed by atoms with Gasteiger partial charge in [0, 0.05) is 11.9 Å². The van der Waals surface area contributed by atoms with Crippen molar-refractivity contribution in [2.24, 2.45) is 5.73 Å². The van der Waals surface area contributed by atoms with Gasteiger partial charge in [-0.05, 0) is 32.5 Å². The van der Waals surface area contributed by atoms with E-state index in [4.69, 9.17) is 17.3 Å². The Kier molecular flexibility index (Phi) is 5.24. The largest absolute Gasteiger partial charge is 0.368 e. The smallest absolute Gasteiger partial charge is 0.237 e. The van der Waals surface area contributed by atoms with Crippen LogP contribution in [0.25, 0.3) is 0 Å². The Hall–Kier alpha value is -0.780. The van der Waals surface area contributed by atoms with Crippen molar-refractivity contribution in [3.63, 3.8) is 0 Å². The van der Waals surface area contributed by atoms with E-state index < -0.39 is 5.54 Å². The summed E-state index contributed by atoms with van der Waals surface area (Å²) in [5, 5.41) is 4.45. The number of nitrogens with zero attached hydrogens (tertiary/aromatic N) is 1. The fraction of sp³-hybridized carbons (Fsp3) is 0.455. The molecular weight excluding hydrogens is 258 g/mol. The molecule has 0 bridgehead atoms. The van der Waals surface area contributed by atoms with Gasteiger partial charge in [0.05, 0.1) is 15.6 Å². The van der Waals surface area contributed by atoms with Gasteiger partial charge in [0.15, 0.2) is 0 Å². The summed E-state index contributed by atoms with van der Waals surface area (Å²) in [5.41, 5.74) is 4.67. The van der Waals surface area contributed by atoms with E-state index in [0.717, 1.165) is 10.8 Å². The molecule has 0 radical (unpaired) electrons. The predicted octanol–water partition coefficient (Wildman–Crippen LogP) is 1.68. The summed E-state index contributed by atoms with van der Waals surface area (Å²) in [6, 6.07) is 3.65. The van der Waals surface area contributed by atoms with Crippen molar-refractivity contribution in [2.45, 2.75) is 23.9 Å². The molecule has 0 spiro atoms. The Morgan fingerprint density at radius 1 is 1.65 bits per heavy atom. The molecule has 17 heavy (non-hydrogen) atoms. The molecule has 1 aromatic rings. The van der Waals surface area contributed by atoms with E-state index in [9.17, 15) is 4.79 Å². The van der Waals surface area contributed by atoms with Crippen LogP contribution in [-0.2, 0) is 4.79 Å². The number of rotatable bonds is 6. The number of halogens is 1. The number of pyridine rings is 1. The van der Waals surface area contributed by atoms with Crippen LogP contribution in [0.1, 0.15) is 13.3 Å². The molecule has 0 aliphatic carbocycles. The van der Waals surface area contributed by atoms with Crippen LogP contribution in [0.5, 0.6) is 0 Å². The summed E-state index contributed by atoms with van der Waals surface area (Å²) in [5.74, 6) is 0.416. The summed E-state index contributed by atoms with van der Waals surface area (Å²) in [4.78, 5) is 15.4. The molecule has 3 N–H and O–H groups in total. The fourth-order valence-electron chi connectivity index (χ4n) is 1.18. The van der Waals surface area contributed by atoms with Gasteiger partial charge in [0.2, 0.25) is 5.91 Å². The van der Waals surface area contributed by atoms with Crippen molar-refractivity contribution in [1.29, 1.82) is 0 Å².